The van der Waals surface area contributed by atoms with Crippen LogP contribution in [0.25, 0.3) is 0 Å². The predicted octanol–water partition coefficient (Wildman–Crippen LogP) is 0.700. The van der Waals surface area contributed by atoms with Gasteiger partial charge in [0, 0.05) is 19.6 Å². The van der Waals surface area contributed by atoms with Gasteiger partial charge in [-0.1, -0.05) is 0 Å². The standard InChI is InChI=1S/C10H17N3O/c1-3-13-9(4-8(2)12-13)7-14-10-5-11-6-10/h4,10-11H,3,5-7H2,1-2H3. The van der Waals surface area contributed by atoms with E-state index in [1.807, 2.05) is 11.6 Å². The minimum Gasteiger partial charge on any atom is -0.369 e. The summed E-state index contributed by atoms with van der Waals surface area (Å²) in [7, 11) is 0. The Bertz CT molecular complexity index is 304. The van der Waals surface area contributed by atoms with E-state index in [4.69, 9.17) is 4.74 Å². The van der Waals surface area contributed by atoms with E-state index >= 15 is 0 Å². The lowest BCUT2D eigenvalue weighted by Gasteiger charge is -2.27. The molecule has 1 saturated heterocycles. The van der Waals surface area contributed by atoms with Gasteiger partial charge in [0.25, 0.3) is 0 Å². The first-order valence-corrected chi connectivity index (χ1v) is 5.15. The third-order valence-corrected chi connectivity index (χ3v) is 2.50. The van der Waals surface area contributed by atoms with Crippen LogP contribution in [0.15, 0.2) is 6.07 Å². The van der Waals surface area contributed by atoms with Crippen molar-refractivity contribution in [3.05, 3.63) is 17.5 Å². The first kappa shape index (κ1) is 9.68. The number of nitrogens with zero attached hydrogens (tertiary/aromatic N) is 2. The summed E-state index contributed by atoms with van der Waals surface area (Å²) < 4.78 is 7.70. The Morgan fingerprint density at radius 2 is 2.43 bits per heavy atom. The van der Waals surface area contributed by atoms with Crippen LogP contribution < -0.4 is 5.32 Å². The number of aryl methyl sites for hydroxylation is 2. The monoisotopic (exact) mass is 195 g/mol. The molecule has 0 amide bonds. The summed E-state index contributed by atoms with van der Waals surface area (Å²) in [5.74, 6) is 0. The molecular formula is C10H17N3O. The molecule has 2 rings (SSSR count). The molecule has 1 aromatic rings. The van der Waals surface area contributed by atoms with Crippen molar-refractivity contribution in [2.24, 2.45) is 0 Å². The number of aromatic nitrogens is 2. The summed E-state index contributed by atoms with van der Waals surface area (Å²) in [4.78, 5) is 0. The maximum Gasteiger partial charge on any atom is 0.0889 e. The molecule has 4 nitrogen and oxygen atoms in total. The lowest BCUT2D eigenvalue weighted by molar-refractivity contribution is 0.00447. The molecule has 4 heteroatoms. The molecule has 2 heterocycles. The van der Waals surface area contributed by atoms with Crippen molar-refractivity contribution in [3.63, 3.8) is 0 Å². The van der Waals surface area contributed by atoms with Crippen molar-refractivity contribution in [2.45, 2.75) is 33.1 Å². The summed E-state index contributed by atoms with van der Waals surface area (Å²) in [5.41, 5.74) is 2.24. The predicted molar refractivity (Wildman–Crippen MR) is 54.1 cm³/mol. The largest absolute Gasteiger partial charge is 0.369 e. The quantitative estimate of drug-likeness (QED) is 0.768. The Labute approximate surface area is 84.3 Å². The van der Waals surface area contributed by atoms with Crippen molar-refractivity contribution >= 4 is 0 Å². The van der Waals surface area contributed by atoms with Gasteiger partial charge in [-0.25, -0.2) is 0 Å². The van der Waals surface area contributed by atoms with Crippen LogP contribution in [0, 0.1) is 6.92 Å². The van der Waals surface area contributed by atoms with Crippen molar-refractivity contribution in [3.8, 4) is 0 Å². The zero-order chi connectivity index (χ0) is 9.97. The Morgan fingerprint density at radius 3 is 3.00 bits per heavy atom. The molecule has 1 fully saturated rings. The van der Waals surface area contributed by atoms with Crippen molar-refractivity contribution in [1.82, 2.24) is 15.1 Å². The average Bonchev–Trinajstić information content (AvgIpc) is 2.43. The fraction of sp³-hybridized carbons (Fsp3) is 0.700. The van der Waals surface area contributed by atoms with Gasteiger partial charge in [-0.2, -0.15) is 5.10 Å². The second kappa shape index (κ2) is 4.11. The third kappa shape index (κ3) is 1.96. The molecule has 0 spiro atoms. The van der Waals surface area contributed by atoms with E-state index in [2.05, 4.69) is 23.4 Å². The Balaban J connectivity index is 1.92. The number of rotatable bonds is 4. The Kier molecular flexibility index (Phi) is 2.84. The van der Waals surface area contributed by atoms with Gasteiger partial charge in [-0.3, -0.25) is 4.68 Å². The molecule has 1 aliphatic rings. The van der Waals surface area contributed by atoms with Crippen LogP contribution in [0.5, 0.6) is 0 Å². The van der Waals surface area contributed by atoms with Gasteiger partial charge in [0.05, 0.1) is 24.1 Å². The first-order chi connectivity index (χ1) is 6.79. The van der Waals surface area contributed by atoms with Gasteiger partial charge in [-0.15, -0.1) is 0 Å². The molecule has 1 N–H and O–H groups in total. The summed E-state index contributed by atoms with van der Waals surface area (Å²) in [6, 6.07) is 2.09. The molecule has 1 aromatic heterocycles. The van der Waals surface area contributed by atoms with Crippen LogP contribution in [0.1, 0.15) is 18.3 Å². The maximum absolute atomic E-state index is 5.70. The fourth-order valence-electron chi connectivity index (χ4n) is 1.57. The van der Waals surface area contributed by atoms with Crippen LogP contribution in [-0.4, -0.2) is 29.0 Å². The van der Waals surface area contributed by atoms with E-state index in [9.17, 15) is 0 Å². The lowest BCUT2D eigenvalue weighted by atomic mass is 10.2. The van der Waals surface area contributed by atoms with Crippen LogP contribution >= 0.6 is 0 Å². The van der Waals surface area contributed by atoms with E-state index in [-0.39, 0.29) is 0 Å². The van der Waals surface area contributed by atoms with Crippen LogP contribution in [0.3, 0.4) is 0 Å². The first-order valence-electron chi connectivity index (χ1n) is 5.15. The Hall–Kier alpha value is -0.870. The molecule has 0 aromatic carbocycles. The molecule has 0 radical (unpaired) electrons. The van der Waals surface area contributed by atoms with Gasteiger partial charge in [0.2, 0.25) is 0 Å². The van der Waals surface area contributed by atoms with Gasteiger partial charge in [0.15, 0.2) is 0 Å². The summed E-state index contributed by atoms with van der Waals surface area (Å²) in [6.07, 6.45) is 0.399. The zero-order valence-electron chi connectivity index (χ0n) is 8.79. The van der Waals surface area contributed by atoms with E-state index in [1.165, 1.54) is 5.69 Å². The number of nitrogens with one attached hydrogen (secondary N) is 1. The van der Waals surface area contributed by atoms with Gasteiger partial charge < -0.3 is 10.1 Å². The highest BCUT2D eigenvalue weighted by Gasteiger charge is 2.17. The number of hydrogen-bond donors (Lipinski definition) is 1. The second-order valence-corrected chi connectivity index (χ2v) is 3.68. The molecule has 0 bridgehead atoms. The van der Waals surface area contributed by atoms with Gasteiger partial charge >= 0.3 is 0 Å². The van der Waals surface area contributed by atoms with Gasteiger partial charge in [-0.05, 0) is 19.9 Å². The number of hydrogen-bond acceptors (Lipinski definition) is 3. The van der Waals surface area contributed by atoms with Crippen molar-refractivity contribution < 1.29 is 4.74 Å². The molecule has 0 saturated carbocycles. The highest BCUT2D eigenvalue weighted by Crippen LogP contribution is 2.08. The molecule has 14 heavy (non-hydrogen) atoms. The fourth-order valence-corrected chi connectivity index (χ4v) is 1.57. The SMILES string of the molecule is CCn1nc(C)cc1COC1CNC1. The molecule has 0 atom stereocenters. The topological polar surface area (TPSA) is 39.1 Å². The number of ether oxygens (including phenoxy) is 1. The Morgan fingerprint density at radius 1 is 1.64 bits per heavy atom. The van der Waals surface area contributed by atoms with E-state index in [0.717, 1.165) is 25.3 Å². The van der Waals surface area contributed by atoms with Crippen LogP contribution in [0.4, 0.5) is 0 Å². The highest BCUT2D eigenvalue weighted by atomic mass is 16.5. The van der Waals surface area contributed by atoms with E-state index in [0.29, 0.717) is 12.7 Å². The molecule has 0 unspecified atom stereocenters. The van der Waals surface area contributed by atoms with Crippen LogP contribution in [-0.2, 0) is 17.9 Å². The lowest BCUT2D eigenvalue weighted by Crippen LogP contribution is -2.48. The smallest absolute Gasteiger partial charge is 0.0889 e. The van der Waals surface area contributed by atoms with E-state index in [1.54, 1.807) is 0 Å². The van der Waals surface area contributed by atoms with Gasteiger partial charge in [0.1, 0.15) is 0 Å². The van der Waals surface area contributed by atoms with Crippen molar-refractivity contribution in [2.75, 3.05) is 13.1 Å². The molecule has 0 aliphatic carbocycles. The minimum atomic E-state index is 0.399. The van der Waals surface area contributed by atoms with Crippen molar-refractivity contribution in [1.29, 1.82) is 0 Å². The summed E-state index contributed by atoms with van der Waals surface area (Å²) >= 11 is 0. The minimum absolute atomic E-state index is 0.399. The third-order valence-electron chi connectivity index (χ3n) is 2.50. The molecule has 1 aliphatic heterocycles. The molecule has 78 valence electrons. The van der Waals surface area contributed by atoms with Crippen LogP contribution in [0.2, 0.25) is 0 Å². The highest BCUT2D eigenvalue weighted by molar-refractivity contribution is 5.07. The summed E-state index contributed by atoms with van der Waals surface area (Å²) in [5, 5.41) is 7.56. The van der Waals surface area contributed by atoms with E-state index < -0.39 is 0 Å². The average molecular weight is 195 g/mol. The second-order valence-electron chi connectivity index (χ2n) is 3.68. The zero-order valence-corrected chi connectivity index (χ0v) is 8.79. The maximum atomic E-state index is 5.70. The molecular weight excluding hydrogens is 178 g/mol. The normalized spacial score (nSPS) is 17.0. The summed E-state index contributed by atoms with van der Waals surface area (Å²) in [6.45, 7) is 7.68.